The zero-order valence-electron chi connectivity index (χ0n) is 10.2. The normalized spacial score (nSPS) is 11.7. The Balaban J connectivity index is 3.16. The molecule has 0 radical (unpaired) electrons. The molecule has 0 aliphatic heterocycles. The van der Waals surface area contributed by atoms with Crippen molar-refractivity contribution >= 4 is 25.6 Å². The maximum atomic E-state index is 12.2. The number of halogens is 3. The van der Waals surface area contributed by atoms with Gasteiger partial charge in [-0.1, -0.05) is 6.07 Å². The lowest BCUT2D eigenvalue weighted by molar-refractivity contribution is 0.0619. The van der Waals surface area contributed by atoms with Gasteiger partial charge in [-0.25, -0.2) is 17.2 Å². The van der Waals surface area contributed by atoms with Gasteiger partial charge in [-0.2, -0.15) is 0 Å². The van der Waals surface area contributed by atoms with Crippen LogP contribution >= 0.6 is 10.7 Å². The van der Waals surface area contributed by atoms with Gasteiger partial charge in [0.2, 0.25) is 0 Å². The van der Waals surface area contributed by atoms with Crippen LogP contribution < -0.4 is 0 Å². The van der Waals surface area contributed by atoms with E-state index in [0.717, 1.165) is 11.0 Å². The highest BCUT2D eigenvalue weighted by Crippen LogP contribution is 2.20. The minimum Gasteiger partial charge on any atom is -0.336 e. The lowest BCUT2D eigenvalue weighted by atomic mass is 10.1. The minimum absolute atomic E-state index is 0.0323. The van der Waals surface area contributed by atoms with Gasteiger partial charge in [-0.3, -0.25) is 4.79 Å². The SMILES string of the molecule is Cc1ccc(S(=O)(=O)Cl)cc1C(=O)N(C)CC(F)F. The van der Waals surface area contributed by atoms with Gasteiger partial charge < -0.3 is 4.90 Å². The van der Waals surface area contributed by atoms with E-state index in [9.17, 15) is 22.0 Å². The first kappa shape index (κ1) is 15.8. The summed E-state index contributed by atoms with van der Waals surface area (Å²) >= 11 is 0. The molecule has 1 rings (SSSR count). The molecule has 4 nitrogen and oxygen atoms in total. The van der Waals surface area contributed by atoms with Gasteiger partial charge in [0.15, 0.2) is 0 Å². The average Bonchev–Trinajstić information content (AvgIpc) is 2.26. The standard InChI is InChI=1S/C11H12ClF2NO3S/c1-7-3-4-8(19(12,17)18)5-9(7)11(16)15(2)6-10(13)14/h3-5,10H,6H2,1-2H3. The highest BCUT2D eigenvalue weighted by molar-refractivity contribution is 8.13. The number of nitrogens with zero attached hydrogens (tertiary/aromatic N) is 1. The van der Waals surface area contributed by atoms with Crippen molar-refractivity contribution in [2.75, 3.05) is 13.6 Å². The molecule has 0 saturated carbocycles. The maximum Gasteiger partial charge on any atom is 0.261 e. The molecule has 1 aromatic carbocycles. The predicted octanol–water partition coefficient (Wildman–Crippen LogP) is 2.26. The molecule has 0 heterocycles. The first-order chi connectivity index (χ1) is 8.62. The van der Waals surface area contributed by atoms with Gasteiger partial charge in [0, 0.05) is 23.3 Å². The summed E-state index contributed by atoms with van der Waals surface area (Å²) in [5.41, 5.74) is 0.514. The van der Waals surface area contributed by atoms with E-state index in [0.29, 0.717) is 5.56 Å². The molecular formula is C11H12ClF2NO3S. The van der Waals surface area contributed by atoms with E-state index in [4.69, 9.17) is 10.7 Å². The molecule has 1 amide bonds. The summed E-state index contributed by atoms with van der Waals surface area (Å²) < 4.78 is 46.8. The number of carbonyl (C=O) groups is 1. The fourth-order valence-electron chi connectivity index (χ4n) is 1.48. The Bertz CT molecular complexity index is 590. The van der Waals surface area contributed by atoms with Crippen LogP contribution in [0.25, 0.3) is 0 Å². The van der Waals surface area contributed by atoms with Crippen LogP contribution in [0.1, 0.15) is 15.9 Å². The number of hydrogen-bond acceptors (Lipinski definition) is 3. The topological polar surface area (TPSA) is 54.5 Å². The van der Waals surface area contributed by atoms with Crippen LogP contribution in [0.15, 0.2) is 23.1 Å². The van der Waals surface area contributed by atoms with Gasteiger partial charge in [0.25, 0.3) is 21.4 Å². The van der Waals surface area contributed by atoms with Crippen molar-refractivity contribution in [3.63, 3.8) is 0 Å². The van der Waals surface area contributed by atoms with E-state index in [1.165, 1.54) is 19.2 Å². The minimum atomic E-state index is -3.97. The number of alkyl halides is 2. The summed E-state index contributed by atoms with van der Waals surface area (Å²) in [6, 6.07) is 3.74. The molecule has 1 aromatic rings. The number of benzene rings is 1. The van der Waals surface area contributed by atoms with Crippen molar-refractivity contribution in [1.82, 2.24) is 4.90 Å². The number of hydrogen-bond donors (Lipinski definition) is 0. The molecular weight excluding hydrogens is 300 g/mol. The first-order valence-electron chi connectivity index (χ1n) is 5.22. The molecule has 0 spiro atoms. The number of amides is 1. The Labute approximate surface area is 114 Å². The van der Waals surface area contributed by atoms with Crippen molar-refractivity contribution in [3.8, 4) is 0 Å². The predicted molar refractivity (Wildman–Crippen MR) is 67.2 cm³/mol. The van der Waals surface area contributed by atoms with Crippen LogP contribution in [-0.4, -0.2) is 39.2 Å². The van der Waals surface area contributed by atoms with Crippen molar-refractivity contribution in [2.45, 2.75) is 18.2 Å². The molecule has 106 valence electrons. The monoisotopic (exact) mass is 311 g/mol. The zero-order valence-corrected chi connectivity index (χ0v) is 11.8. The summed E-state index contributed by atoms with van der Waals surface area (Å²) in [5, 5.41) is 0. The third-order valence-electron chi connectivity index (χ3n) is 2.48. The summed E-state index contributed by atoms with van der Waals surface area (Å²) in [6.07, 6.45) is -2.66. The molecule has 0 aliphatic rings. The average molecular weight is 312 g/mol. The molecule has 0 unspecified atom stereocenters. The first-order valence-corrected chi connectivity index (χ1v) is 7.52. The maximum absolute atomic E-state index is 12.2. The molecule has 0 bridgehead atoms. The van der Waals surface area contributed by atoms with Gasteiger partial charge >= 0.3 is 0 Å². The van der Waals surface area contributed by atoms with Gasteiger partial charge in [-0.05, 0) is 24.6 Å². The van der Waals surface area contributed by atoms with Crippen molar-refractivity contribution < 1.29 is 22.0 Å². The van der Waals surface area contributed by atoms with Crippen molar-refractivity contribution in [3.05, 3.63) is 29.3 Å². The van der Waals surface area contributed by atoms with Gasteiger partial charge in [0.05, 0.1) is 11.4 Å². The summed E-state index contributed by atoms with van der Waals surface area (Å²) in [6.45, 7) is 0.851. The largest absolute Gasteiger partial charge is 0.336 e. The van der Waals surface area contributed by atoms with E-state index in [1.807, 2.05) is 0 Å². The van der Waals surface area contributed by atoms with E-state index < -0.39 is 27.9 Å². The second kappa shape index (κ2) is 5.83. The van der Waals surface area contributed by atoms with E-state index in [2.05, 4.69) is 0 Å². The quantitative estimate of drug-likeness (QED) is 0.802. The second-order valence-corrected chi connectivity index (χ2v) is 6.56. The summed E-state index contributed by atoms with van der Waals surface area (Å²) in [7, 11) is 2.43. The zero-order chi connectivity index (χ0) is 14.8. The lowest BCUT2D eigenvalue weighted by Crippen LogP contribution is -2.31. The summed E-state index contributed by atoms with van der Waals surface area (Å²) in [5.74, 6) is -0.681. The fraction of sp³-hybridized carbons (Fsp3) is 0.364. The van der Waals surface area contributed by atoms with E-state index >= 15 is 0 Å². The molecule has 0 N–H and O–H groups in total. The van der Waals surface area contributed by atoms with E-state index in [-0.39, 0.29) is 10.5 Å². The van der Waals surface area contributed by atoms with Crippen molar-refractivity contribution in [1.29, 1.82) is 0 Å². The molecule has 8 heteroatoms. The molecule has 0 fully saturated rings. The van der Waals surface area contributed by atoms with Gasteiger partial charge in [-0.15, -0.1) is 0 Å². The van der Waals surface area contributed by atoms with Crippen LogP contribution in [-0.2, 0) is 9.05 Å². The molecule has 0 atom stereocenters. The van der Waals surface area contributed by atoms with Crippen LogP contribution in [0.3, 0.4) is 0 Å². The van der Waals surface area contributed by atoms with E-state index in [1.54, 1.807) is 6.92 Å². The fourth-order valence-corrected chi connectivity index (χ4v) is 2.26. The summed E-state index contributed by atoms with van der Waals surface area (Å²) in [4.78, 5) is 12.5. The molecule has 0 aliphatic carbocycles. The van der Waals surface area contributed by atoms with Gasteiger partial charge in [0.1, 0.15) is 0 Å². The molecule has 0 aromatic heterocycles. The smallest absolute Gasteiger partial charge is 0.261 e. The number of rotatable bonds is 4. The lowest BCUT2D eigenvalue weighted by Gasteiger charge is -2.18. The Hall–Kier alpha value is -1.21. The van der Waals surface area contributed by atoms with Crippen LogP contribution in [0, 0.1) is 6.92 Å². The number of aryl methyl sites for hydroxylation is 1. The van der Waals surface area contributed by atoms with Crippen LogP contribution in [0.4, 0.5) is 8.78 Å². The second-order valence-electron chi connectivity index (χ2n) is 3.99. The Morgan fingerprint density at radius 2 is 2.00 bits per heavy atom. The Kier molecular flexibility index (Phi) is 4.86. The highest BCUT2D eigenvalue weighted by atomic mass is 35.7. The third kappa shape index (κ3) is 4.14. The molecule has 0 saturated heterocycles. The Morgan fingerprint density at radius 3 is 2.47 bits per heavy atom. The van der Waals surface area contributed by atoms with Crippen LogP contribution in [0.2, 0.25) is 0 Å². The molecule has 19 heavy (non-hydrogen) atoms. The number of carbonyl (C=O) groups excluding carboxylic acids is 1. The highest BCUT2D eigenvalue weighted by Gasteiger charge is 2.20. The third-order valence-corrected chi connectivity index (χ3v) is 3.83. The Morgan fingerprint density at radius 1 is 1.42 bits per heavy atom. The van der Waals surface area contributed by atoms with Crippen LogP contribution in [0.5, 0.6) is 0 Å². The van der Waals surface area contributed by atoms with Crippen molar-refractivity contribution in [2.24, 2.45) is 0 Å².